The zero-order valence-electron chi connectivity index (χ0n) is 22.2. The van der Waals surface area contributed by atoms with Gasteiger partial charge >= 0.3 is 0 Å². The molecule has 4 heterocycles. The number of hydrogen-bond donors (Lipinski definition) is 1. The van der Waals surface area contributed by atoms with E-state index in [0.717, 1.165) is 47.7 Å². The molecule has 0 saturated carbocycles. The molecule has 0 atom stereocenters. The Morgan fingerprint density at radius 1 is 1.00 bits per heavy atom. The summed E-state index contributed by atoms with van der Waals surface area (Å²) < 4.78 is 1.67. The van der Waals surface area contributed by atoms with Crippen molar-refractivity contribution in [2.75, 3.05) is 43.4 Å². The number of piperazine rings is 1. The molecular weight excluding hydrogens is 565 g/mol. The monoisotopic (exact) mass is 593 g/mol. The lowest BCUT2D eigenvalue weighted by Crippen LogP contribution is -2.44. The molecule has 1 aliphatic rings. The lowest BCUT2D eigenvalue weighted by atomic mass is 10.0. The number of halogens is 2. The summed E-state index contributed by atoms with van der Waals surface area (Å²) in [5.74, 6) is 0.441. The third-order valence-corrected chi connectivity index (χ3v) is 8.25. The van der Waals surface area contributed by atoms with Crippen LogP contribution in [0.4, 0.5) is 17.3 Å². The zero-order chi connectivity index (χ0) is 26.9. The van der Waals surface area contributed by atoms with Crippen molar-refractivity contribution in [1.29, 1.82) is 0 Å². The fourth-order valence-corrected chi connectivity index (χ4v) is 5.80. The number of hydrogen-bond acceptors (Lipinski definition) is 8. The molecule has 2 aromatic carbocycles. The Morgan fingerprint density at radius 2 is 1.77 bits per heavy atom. The number of rotatable bonds is 6. The van der Waals surface area contributed by atoms with E-state index in [1.807, 2.05) is 43.3 Å². The van der Waals surface area contributed by atoms with Crippen molar-refractivity contribution < 1.29 is 0 Å². The van der Waals surface area contributed by atoms with E-state index in [0.29, 0.717) is 34.3 Å². The maximum absolute atomic E-state index is 13.6. The van der Waals surface area contributed by atoms with E-state index in [1.54, 1.807) is 33.8 Å². The molecule has 0 radical (unpaired) electrons. The van der Waals surface area contributed by atoms with E-state index in [1.165, 1.54) is 5.69 Å². The van der Waals surface area contributed by atoms with Gasteiger partial charge < -0.3 is 15.1 Å². The molecule has 40 heavy (non-hydrogen) atoms. The number of nitrogens with zero attached hydrogens (tertiary/aromatic N) is 6. The molecule has 0 spiro atoms. The average molecular weight is 595 g/mol. The lowest BCUT2D eigenvalue weighted by Gasteiger charge is -2.34. The molecule has 8 nitrogen and oxygen atoms in total. The molecule has 1 fully saturated rings. The topological polar surface area (TPSA) is 79.2 Å². The summed E-state index contributed by atoms with van der Waals surface area (Å²) in [6.45, 7) is 6.58. The summed E-state index contributed by atoms with van der Waals surface area (Å²) in [6, 6.07) is 15.9. The quantitative estimate of drug-likeness (QED) is 0.252. The summed E-state index contributed by atoms with van der Waals surface area (Å²) in [4.78, 5) is 32.7. The molecule has 206 valence electrons. The summed E-state index contributed by atoms with van der Waals surface area (Å²) in [6.07, 6.45) is 3.55. The largest absolute Gasteiger partial charge is 0.369 e. The third-order valence-electron chi connectivity index (χ3n) is 7.11. The molecule has 0 bridgehead atoms. The van der Waals surface area contributed by atoms with Gasteiger partial charge in [0.15, 0.2) is 0 Å². The fourth-order valence-electron chi connectivity index (χ4n) is 4.90. The van der Waals surface area contributed by atoms with Gasteiger partial charge in [-0.15, -0.1) is 23.7 Å². The van der Waals surface area contributed by atoms with Gasteiger partial charge in [-0.3, -0.25) is 14.3 Å². The maximum Gasteiger partial charge on any atom is 0.260 e. The Bertz CT molecular complexity index is 1680. The number of nitrogens with one attached hydrogen (secondary N) is 1. The van der Waals surface area contributed by atoms with Crippen LogP contribution >= 0.6 is 35.3 Å². The molecule has 3 aromatic heterocycles. The first-order chi connectivity index (χ1) is 19.0. The second-order valence-electron chi connectivity index (χ2n) is 9.60. The van der Waals surface area contributed by atoms with Crippen LogP contribution in [0.2, 0.25) is 5.02 Å². The third kappa shape index (κ3) is 5.55. The van der Waals surface area contributed by atoms with Crippen molar-refractivity contribution in [3.05, 3.63) is 81.8 Å². The Morgan fingerprint density at radius 3 is 2.45 bits per heavy atom. The maximum atomic E-state index is 13.6. The second-order valence-corrected chi connectivity index (χ2v) is 10.9. The van der Waals surface area contributed by atoms with Gasteiger partial charge in [0, 0.05) is 78.0 Å². The highest BCUT2D eigenvalue weighted by atomic mass is 35.5. The van der Waals surface area contributed by atoms with Crippen molar-refractivity contribution in [3.8, 4) is 21.6 Å². The summed E-state index contributed by atoms with van der Waals surface area (Å²) >= 11 is 8.22. The van der Waals surface area contributed by atoms with E-state index < -0.39 is 0 Å². The SMILES string of the molecule is CCn1c(=O)c(-c2ccc(-c3cncs3)cc2Cl)cc2cnc(Nc3ccc(N4CCN(C)CC4)cc3)nc21.Cl. The van der Waals surface area contributed by atoms with Gasteiger partial charge in [0.1, 0.15) is 5.65 Å². The summed E-state index contributed by atoms with van der Waals surface area (Å²) in [5, 5.41) is 4.57. The fraction of sp³-hybridized carbons (Fsp3) is 0.241. The Labute approximate surface area is 247 Å². The van der Waals surface area contributed by atoms with Crippen molar-refractivity contribution in [2.24, 2.45) is 0 Å². The first kappa shape index (κ1) is 28.0. The van der Waals surface area contributed by atoms with Crippen molar-refractivity contribution in [1.82, 2.24) is 24.4 Å². The van der Waals surface area contributed by atoms with Crippen LogP contribution < -0.4 is 15.8 Å². The minimum Gasteiger partial charge on any atom is -0.369 e. The smallest absolute Gasteiger partial charge is 0.260 e. The Hall–Kier alpha value is -3.50. The molecule has 0 aliphatic carbocycles. The summed E-state index contributed by atoms with van der Waals surface area (Å²) in [7, 11) is 2.16. The number of aryl methyl sites for hydroxylation is 1. The first-order valence-corrected chi connectivity index (χ1v) is 14.2. The second kappa shape index (κ2) is 11.9. The number of fused-ring (bicyclic) bond motifs is 1. The van der Waals surface area contributed by atoms with Crippen LogP contribution in [0.1, 0.15) is 6.92 Å². The van der Waals surface area contributed by atoms with E-state index in [2.05, 4.69) is 44.3 Å². The van der Waals surface area contributed by atoms with Crippen LogP contribution in [0.15, 0.2) is 71.2 Å². The Kier molecular flexibility index (Phi) is 8.37. The number of anilines is 3. The molecule has 1 N–H and O–H groups in total. The molecule has 5 aromatic rings. The Balaban J connectivity index is 0.00000323. The van der Waals surface area contributed by atoms with Crippen LogP contribution in [0.3, 0.4) is 0 Å². The molecule has 11 heteroatoms. The highest BCUT2D eigenvalue weighted by molar-refractivity contribution is 7.13. The van der Waals surface area contributed by atoms with E-state index in [4.69, 9.17) is 16.6 Å². The molecule has 0 unspecified atom stereocenters. The minimum atomic E-state index is -0.140. The average Bonchev–Trinajstić information content (AvgIpc) is 3.49. The lowest BCUT2D eigenvalue weighted by molar-refractivity contribution is 0.313. The van der Waals surface area contributed by atoms with Crippen LogP contribution in [-0.4, -0.2) is 57.6 Å². The highest BCUT2D eigenvalue weighted by Crippen LogP contribution is 2.33. The number of aromatic nitrogens is 4. The minimum absolute atomic E-state index is 0. The molecule has 6 rings (SSSR count). The van der Waals surface area contributed by atoms with Crippen molar-refractivity contribution in [3.63, 3.8) is 0 Å². The normalized spacial score (nSPS) is 13.8. The molecular formula is C29H29Cl2N7OS. The van der Waals surface area contributed by atoms with Crippen LogP contribution in [0.5, 0.6) is 0 Å². The van der Waals surface area contributed by atoms with Gasteiger partial charge in [0.25, 0.3) is 5.56 Å². The zero-order valence-corrected chi connectivity index (χ0v) is 24.6. The number of thiazole rings is 1. The molecule has 0 amide bonds. The number of likely N-dealkylation sites (N-methyl/N-ethyl adjacent to an activating group) is 1. The molecule has 1 aliphatic heterocycles. The molecule has 1 saturated heterocycles. The van der Waals surface area contributed by atoms with E-state index >= 15 is 0 Å². The van der Waals surface area contributed by atoms with Crippen molar-refractivity contribution in [2.45, 2.75) is 13.5 Å². The summed E-state index contributed by atoms with van der Waals surface area (Å²) in [5.41, 5.74) is 6.50. The van der Waals surface area contributed by atoms with Crippen LogP contribution in [0.25, 0.3) is 32.6 Å². The van der Waals surface area contributed by atoms with Gasteiger partial charge in [-0.1, -0.05) is 23.7 Å². The number of pyridine rings is 1. The predicted octanol–water partition coefficient (Wildman–Crippen LogP) is 6.17. The van der Waals surface area contributed by atoms with Gasteiger partial charge in [-0.25, -0.2) is 4.98 Å². The predicted molar refractivity (Wildman–Crippen MR) is 168 cm³/mol. The highest BCUT2D eigenvalue weighted by Gasteiger charge is 2.17. The van der Waals surface area contributed by atoms with Gasteiger partial charge in [0.05, 0.1) is 10.4 Å². The first-order valence-electron chi connectivity index (χ1n) is 12.9. The van der Waals surface area contributed by atoms with Gasteiger partial charge in [-0.2, -0.15) is 4.98 Å². The van der Waals surface area contributed by atoms with E-state index in [9.17, 15) is 4.79 Å². The van der Waals surface area contributed by atoms with Crippen molar-refractivity contribution >= 4 is 63.7 Å². The van der Waals surface area contributed by atoms with Gasteiger partial charge in [0.2, 0.25) is 5.95 Å². The number of benzene rings is 2. The standard InChI is InChI=1S/C29H28ClN7OS.ClH/c1-3-37-27-20(14-24(28(37)38)23-9-4-19(15-25(23)30)26-17-31-18-39-26)16-32-29(34-27)33-21-5-7-22(8-6-21)36-12-10-35(2)11-13-36;/h4-9,14-18H,3,10-13H2,1-2H3,(H,32,33,34);1H. The van der Waals surface area contributed by atoms with Crippen LogP contribution in [-0.2, 0) is 6.54 Å². The van der Waals surface area contributed by atoms with Gasteiger partial charge in [-0.05, 0) is 55.9 Å². The van der Waals surface area contributed by atoms with Crippen LogP contribution in [0, 0.1) is 0 Å². The van der Waals surface area contributed by atoms with E-state index in [-0.39, 0.29) is 18.0 Å².